The SMILES string of the molecule is CC(C)OCCCn1c(SCC(=O)c2ccc(Cl)s2)nc2cc(Cl)ccc2c1=O. The van der Waals surface area contributed by atoms with Crippen molar-refractivity contribution in [1.29, 1.82) is 0 Å². The summed E-state index contributed by atoms with van der Waals surface area (Å²) >= 11 is 14.5. The van der Waals surface area contributed by atoms with Crippen LogP contribution in [0.4, 0.5) is 0 Å². The molecule has 0 spiro atoms. The van der Waals surface area contributed by atoms with Crippen molar-refractivity contribution in [2.45, 2.75) is 38.1 Å². The highest BCUT2D eigenvalue weighted by Gasteiger charge is 2.15. The van der Waals surface area contributed by atoms with Crippen LogP contribution in [0.2, 0.25) is 9.36 Å². The third-order valence-electron chi connectivity index (χ3n) is 4.04. The minimum atomic E-state index is -0.148. The molecule has 0 aliphatic rings. The van der Waals surface area contributed by atoms with Crippen LogP contribution in [0.3, 0.4) is 0 Å². The summed E-state index contributed by atoms with van der Waals surface area (Å²) in [6.45, 7) is 4.94. The number of carbonyl (C=O) groups excluding carboxylic acids is 1. The number of aromatic nitrogens is 2. The zero-order valence-electron chi connectivity index (χ0n) is 16.0. The predicted octanol–water partition coefficient (Wildman–Crippen LogP) is 5.55. The number of hydrogen-bond acceptors (Lipinski definition) is 6. The zero-order valence-corrected chi connectivity index (χ0v) is 19.1. The van der Waals surface area contributed by atoms with Crippen LogP contribution in [0.1, 0.15) is 29.9 Å². The quantitative estimate of drug-likeness (QED) is 0.177. The zero-order chi connectivity index (χ0) is 21.0. The van der Waals surface area contributed by atoms with Crippen LogP contribution in [-0.4, -0.2) is 33.8 Å². The lowest BCUT2D eigenvalue weighted by Gasteiger charge is -2.14. The Hall–Kier alpha value is -1.38. The number of ketones is 1. The van der Waals surface area contributed by atoms with Gasteiger partial charge in [0.1, 0.15) is 0 Å². The fourth-order valence-electron chi connectivity index (χ4n) is 2.69. The van der Waals surface area contributed by atoms with E-state index < -0.39 is 0 Å². The van der Waals surface area contributed by atoms with Gasteiger partial charge in [0.2, 0.25) is 0 Å². The lowest BCUT2D eigenvalue weighted by Crippen LogP contribution is -2.24. The van der Waals surface area contributed by atoms with Crippen molar-refractivity contribution in [1.82, 2.24) is 9.55 Å². The molecule has 0 saturated carbocycles. The molecule has 3 aromatic rings. The number of Topliss-reactive ketones (excluding diaryl/α,β-unsaturated/α-hetero) is 1. The molecular weight excluding hydrogens is 451 g/mol. The number of rotatable bonds is 9. The van der Waals surface area contributed by atoms with Gasteiger partial charge in [0.25, 0.3) is 5.56 Å². The monoisotopic (exact) mass is 470 g/mol. The second kappa shape index (κ2) is 10.1. The number of ether oxygens (including phenoxy) is 1. The van der Waals surface area contributed by atoms with Gasteiger partial charge in [-0.1, -0.05) is 35.0 Å². The summed E-state index contributed by atoms with van der Waals surface area (Å²) in [5, 5.41) is 1.50. The van der Waals surface area contributed by atoms with Gasteiger partial charge in [-0.15, -0.1) is 11.3 Å². The fraction of sp³-hybridized carbons (Fsp3) is 0.350. The summed E-state index contributed by atoms with van der Waals surface area (Å²) in [6, 6.07) is 8.43. The predicted molar refractivity (Wildman–Crippen MR) is 121 cm³/mol. The van der Waals surface area contributed by atoms with Gasteiger partial charge in [-0.2, -0.15) is 0 Å². The third-order valence-corrected chi connectivity index (χ3v) is 6.52. The first-order valence-corrected chi connectivity index (χ1v) is 11.6. The van der Waals surface area contributed by atoms with E-state index in [0.717, 1.165) is 0 Å². The lowest BCUT2D eigenvalue weighted by atomic mass is 10.2. The van der Waals surface area contributed by atoms with Gasteiger partial charge < -0.3 is 4.74 Å². The van der Waals surface area contributed by atoms with Crippen LogP contribution in [0.5, 0.6) is 0 Å². The Morgan fingerprint density at radius 2 is 2.07 bits per heavy atom. The average Bonchev–Trinajstić information content (AvgIpc) is 3.11. The smallest absolute Gasteiger partial charge is 0.262 e. The van der Waals surface area contributed by atoms with Crippen molar-refractivity contribution in [3.05, 3.63) is 54.9 Å². The van der Waals surface area contributed by atoms with E-state index in [0.29, 0.717) is 49.9 Å². The van der Waals surface area contributed by atoms with E-state index in [4.69, 9.17) is 27.9 Å². The van der Waals surface area contributed by atoms with Gasteiger partial charge in [-0.05, 0) is 50.6 Å². The number of fused-ring (bicyclic) bond motifs is 1. The number of carbonyl (C=O) groups is 1. The lowest BCUT2D eigenvalue weighted by molar-refractivity contribution is 0.0743. The van der Waals surface area contributed by atoms with Crippen molar-refractivity contribution < 1.29 is 9.53 Å². The standard InChI is InChI=1S/C20H20Cl2N2O3S2/c1-12(2)27-9-3-8-24-19(26)14-5-4-13(21)10-15(14)23-20(24)28-11-16(25)17-6-7-18(22)29-17/h4-7,10,12H,3,8-9,11H2,1-2H3. The van der Waals surface area contributed by atoms with Gasteiger partial charge in [-0.3, -0.25) is 14.2 Å². The average molecular weight is 471 g/mol. The van der Waals surface area contributed by atoms with E-state index >= 15 is 0 Å². The molecule has 0 amide bonds. The maximum atomic E-state index is 13.0. The molecular formula is C20H20Cl2N2O3S2. The molecule has 2 heterocycles. The highest BCUT2D eigenvalue weighted by Crippen LogP contribution is 2.25. The summed E-state index contributed by atoms with van der Waals surface area (Å²) in [7, 11) is 0. The van der Waals surface area contributed by atoms with E-state index in [9.17, 15) is 9.59 Å². The molecule has 0 aliphatic carbocycles. The van der Waals surface area contributed by atoms with Crippen LogP contribution in [-0.2, 0) is 11.3 Å². The number of thioether (sulfide) groups is 1. The Labute approximate surface area is 187 Å². The molecule has 1 aromatic carbocycles. The van der Waals surface area contributed by atoms with Gasteiger partial charge in [-0.25, -0.2) is 4.98 Å². The van der Waals surface area contributed by atoms with Gasteiger partial charge in [0.15, 0.2) is 10.9 Å². The summed E-state index contributed by atoms with van der Waals surface area (Å²) in [5.74, 6) is 0.111. The Bertz CT molecular complexity index is 1080. The number of benzene rings is 1. The second-order valence-electron chi connectivity index (χ2n) is 6.60. The van der Waals surface area contributed by atoms with Crippen LogP contribution < -0.4 is 5.56 Å². The molecule has 2 aromatic heterocycles. The summed E-state index contributed by atoms with van der Waals surface area (Å²) < 4.78 is 7.76. The first-order valence-electron chi connectivity index (χ1n) is 9.08. The topological polar surface area (TPSA) is 61.2 Å². The minimum absolute atomic E-state index is 0.0537. The molecule has 0 atom stereocenters. The first-order chi connectivity index (χ1) is 13.8. The molecule has 0 fully saturated rings. The second-order valence-corrected chi connectivity index (χ2v) is 9.70. The third kappa shape index (κ3) is 5.83. The molecule has 3 rings (SSSR count). The molecule has 0 unspecified atom stereocenters. The molecule has 154 valence electrons. The van der Waals surface area contributed by atoms with Gasteiger partial charge in [0.05, 0.1) is 32.0 Å². The largest absolute Gasteiger partial charge is 0.379 e. The number of nitrogens with zero attached hydrogens (tertiary/aromatic N) is 2. The first kappa shape index (κ1) is 22.3. The van der Waals surface area contributed by atoms with E-state index in [1.165, 1.54) is 23.1 Å². The van der Waals surface area contributed by atoms with Crippen LogP contribution in [0.25, 0.3) is 10.9 Å². The van der Waals surface area contributed by atoms with Crippen molar-refractivity contribution in [2.24, 2.45) is 0 Å². The van der Waals surface area contributed by atoms with Gasteiger partial charge >= 0.3 is 0 Å². The summed E-state index contributed by atoms with van der Waals surface area (Å²) in [5.41, 5.74) is 0.372. The molecule has 0 radical (unpaired) electrons. The van der Waals surface area contributed by atoms with Crippen LogP contribution in [0.15, 0.2) is 40.3 Å². The normalized spacial score (nSPS) is 11.5. The Kier molecular flexibility index (Phi) is 7.76. The van der Waals surface area contributed by atoms with Crippen LogP contribution in [0, 0.1) is 0 Å². The number of halogens is 2. The highest BCUT2D eigenvalue weighted by molar-refractivity contribution is 7.99. The molecule has 0 bridgehead atoms. The number of hydrogen-bond donors (Lipinski definition) is 0. The molecule has 9 heteroatoms. The summed E-state index contributed by atoms with van der Waals surface area (Å²) in [4.78, 5) is 30.7. The Morgan fingerprint density at radius 1 is 1.28 bits per heavy atom. The Balaban J connectivity index is 1.86. The van der Waals surface area contributed by atoms with Crippen molar-refractivity contribution in [2.75, 3.05) is 12.4 Å². The highest BCUT2D eigenvalue weighted by atomic mass is 35.5. The van der Waals surface area contributed by atoms with Crippen LogP contribution >= 0.6 is 46.3 Å². The van der Waals surface area contributed by atoms with Crippen molar-refractivity contribution >= 4 is 63.0 Å². The minimum Gasteiger partial charge on any atom is -0.379 e. The van der Waals surface area contributed by atoms with E-state index in [1.54, 1.807) is 34.9 Å². The maximum Gasteiger partial charge on any atom is 0.262 e. The number of thiophene rings is 1. The summed E-state index contributed by atoms with van der Waals surface area (Å²) in [6.07, 6.45) is 0.800. The fourth-order valence-corrected chi connectivity index (χ4v) is 4.84. The molecule has 29 heavy (non-hydrogen) atoms. The van der Waals surface area contributed by atoms with Crippen molar-refractivity contribution in [3.8, 4) is 0 Å². The molecule has 0 saturated heterocycles. The maximum absolute atomic E-state index is 13.0. The molecule has 5 nitrogen and oxygen atoms in total. The van der Waals surface area contributed by atoms with Gasteiger partial charge in [0, 0.05) is 18.2 Å². The van der Waals surface area contributed by atoms with E-state index in [2.05, 4.69) is 4.98 Å². The Morgan fingerprint density at radius 3 is 2.76 bits per heavy atom. The van der Waals surface area contributed by atoms with E-state index in [-0.39, 0.29) is 23.2 Å². The molecule has 0 N–H and O–H groups in total. The van der Waals surface area contributed by atoms with Crippen molar-refractivity contribution in [3.63, 3.8) is 0 Å². The van der Waals surface area contributed by atoms with E-state index in [1.807, 2.05) is 13.8 Å². The molecule has 0 aliphatic heterocycles.